The van der Waals surface area contributed by atoms with Gasteiger partial charge in [0.1, 0.15) is 5.54 Å². The predicted octanol–water partition coefficient (Wildman–Crippen LogP) is 3.03. The molecule has 1 aromatic carbocycles. The molecule has 0 aromatic heterocycles. The van der Waals surface area contributed by atoms with E-state index in [1.807, 2.05) is 6.07 Å². The second-order valence-corrected chi connectivity index (χ2v) is 6.33. The van der Waals surface area contributed by atoms with Crippen molar-refractivity contribution < 1.29 is 14.3 Å². The molecule has 1 amide bonds. The van der Waals surface area contributed by atoms with Crippen LogP contribution in [0.1, 0.15) is 51.0 Å². The van der Waals surface area contributed by atoms with Crippen LogP contribution in [0.4, 0.5) is 0 Å². The Kier molecular flexibility index (Phi) is 5.22. The molecule has 1 saturated carbocycles. The van der Waals surface area contributed by atoms with Gasteiger partial charge in [0.2, 0.25) is 5.91 Å². The van der Waals surface area contributed by atoms with E-state index in [0.29, 0.717) is 5.92 Å². The lowest BCUT2D eigenvalue weighted by Crippen LogP contribution is -2.57. The van der Waals surface area contributed by atoms with Crippen molar-refractivity contribution in [1.82, 2.24) is 5.32 Å². The third kappa shape index (κ3) is 3.49. The lowest BCUT2D eigenvalue weighted by atomic mass is 9.71. The second-order valence-electron chi connectivity index (χ2n) is 6.33. The fourth-order valence-corrected chi connectivity index (χ4v) is 3.63. The van der Waals surface area contributed by atoms with Gasteiger partial charge in [0.15, 0.2) is 0 Å². The van der Waals surface area contributed by atoms with Crippen molar-refractivity contribution in [3.8, 4) is 0 Å². The van der Waals surface area contributed by atoms with E-state index >= 15 is 0 Å². The monoisotopic (exact) mass is 303 g/mol. The number of carbonyl (C=O) groups excluding carboxylic acids is 2. The summed E-state index contributed by atoms with van der Waals surface area (Å²) in [5.74, 6) is 0.101. The van der Waals surface area contributed by atoms with Gasteiger partial charge in [-0.2, -0.15) is 0 Å². The lowest BCUT2D eigenvalue weighted by Gasteiger charge is -2.39. The smallest absolute Gasteiger partial charge is 0.331 e. The molecule has 0 bridgehead atoms. The van der Waals surface area contributed by atoms with Crippen LogP contribution in [0.25, 0.3) is 0 Å². The molecule has 1 aliphatic rings. The summed E-state index contributed by atoms with van der Waals surface area (Å²) in [6.45, 7) is 3.23. The minimum atomic E-state index is -0.928. The van der Waals surface area contributed by atoms with Crippen molar-refractivity contribution in [1.29, 1.82) is 0 Å². The summed E-state index contributed by atoms with van der Waals surface area (Å²) in [5, 5.41) is 2.82. The summed E-state index contributed by atoms with van der Waals surface area (Å²) in [6, 6.07) is 10.5. The fraction of sp³-hybridized carbons (Fsp3) is 0.556. The van der Waals surface area contributed by atoms with Crippen LogP contribution in [-0.2, 0) is 14.3 Å². The Morgan fingerprint density at radius 3 is 2.23 bits per heavy atom. The summed E-state index contributed by atoms with van der Waals surface area (Å²) < 4.78 is 4.93. The molecular weight excluding hydrogens is 278 g/mol. The highest BCUT2D eigenvalue weighted by atomic mass is 16.5. The van der Waals surface area contributed by atoms with Gasteiger partial charge >= 0.3 is 5.97 Å². The first-order valence-corrected chi connectivity index (χ1v) is 7.89. The largest absolute Gasteiger partial charge is 0.467 e. The third-order valence-corrected chi connectivity index (χ3v) is 4.86. The van der Waals surface area contributed by atoms with E-state index in [1.165, 1.54) is 19.6 Å². The molecule has 22 heavy (non-hydrogen) atoms. The first-order valence-electron chi connectivity index (χ1n) is 7.89. The molecule has 1 N–H and O–H groups in total. The number of esters is 1. The van der Waals surface area contributed by atoms with Crippen molar-refractivity contribution in [3.63, 3.8) is 0 Å². The molecule has 0 spiro atoms. The van der Waals surface area contributed by atoms with Gasteiger partial charge in [-0.1, -0.05) is 30.3 Å². The minimum absolute atomic E-state index is 0.115. The highest BCUT2D eigenvalue weighted by Crippen LogP contribution is 2.40. The van der Waals surface area contributed by atoms with Gasteiger partial charge in [-0.3, -0.25) is 4.79 Å². The number of methoxy groups -OCH3 is 1. The number of hydrogen-bond acceptors (Lipinski definition) is 3. The number of hydrogen-bond donors (Lipinski definition) is 1. The van der Waals surface area contributed by atoms with E-state index in [0.717, 1.165) is 25.7 Å². The zero-order valence-electron chi connectivity index (χ0n) is 13.6. The van der Waals surface area contributed by atoms with Crippen LogP contribution in [0.5, 0.6) is 0 Å². The fourth-order valence-electron chi connectivity index (χ4n) is 3.63. The normalized spacial score (nSPS) is 24.1. The molecule has 0 unspecified atom stereocenters. The Morgan fingerprint density at radius 2 is 1.73 bits per heavy atom. The molecule has 120 valence electrons. The maximum atomic E-state index is 12.2. The van der Waals surface area contributed by atoms with Crippen molar-refractivity contribution in [3.05, 3.63) is 35.9 Å². The zero-order valence-corrected chi connectivity index (χ0v) is 13.6. The number of rotatable bonds is 4. The SMILES string of the molecule is COC(=O)[C@](C)(NC(C)=O)C1CCC(c2ccccc2)CC1. The maximum Gasteiger partial charge on any atom is 0.331 e. The Hall–Kier alpha value is -1.84. The quantitative estimate of drug-likeness (QED) is 0.870. The predicted molar refractivity (Wildman–Crippen MR) is 85.4 cm³/mol. The third-order valence-electron chi connectivity index (χ3n) is 4.86. The van der Waals surface area contributed by atoms with Crippen molar-refractivity contribution in [2.75, 3.05) is 7.11 Å². The van der Waals surface area contributed by atoms with E-state index in [1.54, 1.807) is 6.92 Å². The van der Waals surface area contributed by atoms with E-state index < -0.39 is 5.54 Å². The van der Waals surface area contributed by atoms with Gasteiger partial charge in [0.05, 0.1) is 7.11 Å². The molecule has 4 nitrogen and oxygen atoms in total. The molecular formula is C18H25NO3. The molecule has 2 rings (SSSR count). The maximum absolute atomic E-state index is 12.2. The molecule has 1 atom stereocenters. The number of amides is 1. The number of ether oxygens (including phenoxy) is 1. The minimum Gasteiger partial charge on any atom is -0.467 e. The summed E-state index contributed by atoms with van der Waals surface area (Å²) >= 11 is 0. The van der Waals surface area contributed by atoms with E-state index in [2.05, 4.69) is 29.6 Å². The summed E-state index contributed by atoms with van der Waals surface area (Å²) in [6.07, 6.45) is 3.87. The molecule has 1 aliphatic carbocycles. The lowest BCUT2D eigenvalue weighted by molar-refractivity contribution is -0.153. The Morgan fingerprint density at radius 1 is 1.14 bits per heavy atom. The molecule has 0 heterocycles. The van der Waals surface area contributed by atoms with Crippen LogP contribution in [0.2, 0.25) is 0 Å². The molecule has 0 aliphatic heterocycles. The van der Waals surface area contributed by atoms with Crippen molar-refractivity contribution in [2.45, 2.75) is 51.0 Å². The van der Waals surface area contributed by atoms with Crippen LogP contribution in [0, 0.1) is 5.92 Å². The molecule has 0 saturated heterocycles. The van der Waals surface area contributed by atoms with E-state index in [-0.39, 0.29) is 17.8 Å². The van der Waals surface area contributed by atoms with Crippen molar-refractivity contribution >= 4 is 11.9 Å². The van der Waals surface area contributed by atoms with Gasteiger partial charge in [-0.25, -0.2) is 4.79 Å². The van der Waals surface area contributed by atoms with E-state index in [4.69, 9.17) is 4.74 Å². The van der Waals surface area contributed by atoms with Gasteiger partial charge < -0.3 is 10.1 Å². The first kappa shape index (κ1) is 16.5. The summed E-state index contributed by atoms with van der Waals surface area (Å²) in [7, 11) is 1.37. The van der Waals surface area contributed by atoms with Gasteiger partial charge in [-0.15, -0.1) is 0 Å². The van der Waals surface area contributed by atoms with Gasteiger partial charge in [-0.05, 0) is 50.0 Å². The highest BCUT2D eigenvalue weighted by Gasteiger charge is 2.44. The first-order chi connectivity index (χ1) is 10.5. The Balaban J connectivity index is 2.07. The summed E-state index contributed by atoms with van der Waals surface area (Å²) in [5.41, 5.74) is 0.433. The standard InChI is InChI=1S/C18H25NO3/c1-13(20)19-18(2,17(21)22-3)16-11-9-15(10-12-16)14-7-5-4-6-8-14/h4-8,15-16H,9-12H2,1-3H3,(H,19,20)/t15?,16?,18-/m1/s1. The number of nitrogens with one attached hydrogen (secondary N) is 1. The van der Waals surface area contributed by atoms with Crippen LogP contribution < -0.4 is 5.32 Å². The number of carbonyl (C=O) groups is 2. The topological polar surface area (TPSA) is 55.4 Å². The summed E-state index contributed by atoms with van der Waals surface area (Å²) in [4.78, 5) is 23.7. The highest BCUT2D eigenvalue weighted by molar-refractivity contribution is 5.87. The second kappa shape index (κ2) is 6.95. The average molecular weight is 303 g/mol. The van der Waals surface area contributed by atoms with Crippen LogP contribution in [-0.4, -0.2) is 24.5 Å². The van der Waals surface area contributed by atoms with Gasteiger partial charge in [0, 0.05) is 6.92 Å². The Bertz CT molecular complexity index is 520. The van der Waals surface area contributed by atoms with Crippen LogP contribution >= 0.6 is 0 Å². The average Bonchev–Trinajstić information content (AvgIpc) is 2.54. The molecule has 0 radical (unpaired) electrons. The molecule has 1 fully saturated rings. The molecule has 4 heteroatoms. The van der Waals surface area contributed by atoms with Crippen molar-refractivity contribution in [2.24, 2.45) is 5.92 Å². The zero-order chi connectivity index (χ0) is 16.2. The van der Waals surface area contributed by atoms with Crippen LogP contribution in [0.3, 0.4) is 0 Å². The van der Waals surface area contributed by atoms with Gasteiger partial charge in [0.25, 0.3) is 0 Å². The van der Waals surface area contributed by atoms with E-state index in [9.17, 15) is 9.59 Å². The number of benzene rings is 1. The van der Waals surface area contributed by atoms with Crippen LogP contribution in [0.15, 0.2) is 30.3 Å². The Labute approximate surface area is 132 Å². The molecule has 1 aromatic rings.